The number of aromatic hydroxyl groups is 2. The molecule has 1 aliphatic heterocycles. The van der Waals surface area contributed by atoms with E-state index in [2.05, 4.69) is 79.7 Å². The monoisotopic (exact) mass is 844 g/mol. The van der Waals surface area contributed by atoms with Crippen molar-refractivity contribution in [1.29, 1.82) is 0 Å². The summed E-state index contributed by atoms with van der Waals surface area (Å²) in [7, 11) is 0.712. The molecule has 2 aromatic rings. The molecule has 2 N–H and O–H groups in total. The Morgan fingerprint density at radius 1 is 0.561 bits per heavy atom. The number of fused-ring (bicyclic) bond motifs is 1. The Bertz CT molecular complexity index is 1870. The molecular formula is C52H76O2S2Ti. The zero-order chi connectivity index (χ0) is 39.9. The van der Waals surface area contributed by atoms with Crippen molar-refractivity contribution < 1.29 is 25.7 Å². The molecule has 0 aromatic heterocycles. The average Bonchev–Trinajstić information content (AvgIpc) is 3.36. The van der Waals surface area contributed by atoms with Gasteiger partial charge in [0.25, 0.3) is 0 Å². The van der Waals surface area contributed by atoms with Crippen molar-refractivity contribution in [3.05, 3.63) is 57.6 Å². The van der Waals surface area contributed by atoms with Crippen LogP contribution in [0.2, 0.25) is 0 Å². The predicted molar refractivity (Wildman–Crippen MR) is 240 cm³/mol. The maximum absolute atomic E-state index is 12.7. The van der Waals surface area contributed by atoms with Gasteiger partial charge in [-0.25, -0.2) is 0 Å². The summed E-state index contributed by atoms with van der Waals surface area (Å²) in [5.74, 6) is 7.03. The van der Waals surface area contributed by atoms with Gasteiger partial charge in [0.05, 0.1) is 0 Å². The summed E-state index contributed by atoms with van der Waals surface area (Å²) in [5, 5.41) is 27.0. The molecule has 2 nitrogen and oxygen atoms in total. The van der Waals surface area contributed by atoms with E-state index in [0.717, 1.165) is 45.7 Å². The first-order chi connectivity index (χ1) is 26.8. The topological polar surface area (TPSA) is 40.5 Å². The Hall–Kier alpha value is -0.546. The van der Waals surface area contributed by atoms with Crippen molar-refractivity contribution in [3.8, 4) is 11.5 Å². The van der Waals surface area contributed by atoms with Crippen LogP contribution in [-0.2, 0) is 48.6 Å². The molecule has 7 unspecified atom stereocenters. The second kappa shape index (κ2) is 14.0. The van der Waals surface area contributed by atoms with Crippen LogP contribution in [0.4, 0.5) is 0 Å². The van der Waals surface area contributed by atoms with Crippen molar-refractivity contribution >= 4 is 15.9 Å². The summed E-state index contributed by atoms with van der Waals surface area (Å²) in [6, 6.07) is 10.0. The number of phenols is 2. The van der Waals surface area contributed by atoms with Gasteiger partial charge in [0.2, 0.25) is 0 Å². The van der Waals surface area contributed by atoms with Crippen LogP contribution in [0.3, 0.4) is 0 Å². The van der Waals surface area contributed by atoms with E-state index in [9.17, 15) is 10.2 Å². The van der Waals surface area contributed by atoms with Crippen molar-refractivity contribution in [2.24, 2.45) is 34.5 Å². The fourth-order valence-electron chi connectivity index (χ4n) is 16.3. The molecule has 12 rings (SSSR count). The zero-order valence-electron chi connectivity index (χ0n) is 37.1. The Morgan fingerprint density at radius 2 is 0.930 bits per heavy atom. The first-order valence-corrected chi connectivity index (χ1v) is 30.5. The molecule has 0 radical (unpaired) electrons. The van der Waals surface area contributed by atoms with Crippen LogP contribution in [0.5, 0.6) is 11.5 Å². The molecular weight excluding hydrogens is 769 g/mol. The average molecular weight is 845 g/mol. The Kier molecular flexibility index (Phi) is 9.94. The van der Waals surface area contributed by atoms with Gasteiger partial charge < -0.3 is 0 Å². The SMILES string of the molecule is CC12CC3CC(C1)CC(c1cc(C(C)(C)C)cc(C[S]4=[Ti]=[S](Cc5cc(C(C)(C)C)cc(C67CC8CC(CC(C)(C8)C6)C7)c5O)[C@H]5CCCCCCC54)c1O)(C3)C2. The van der Waals surface area contributed by atoms with Gasteiger partial charge in [-0.1, -0.05) is 0 Å². The van der Waals surface area contributed by atoms with E-state index in [4.69, 9.17) is 0 Å². The Labute approximate surface area is 357 Å². The number of hydrogen-bond donors (Lipinski definition) is 2. The van der Waals surface area contributed by atoms with Crippen LogP contribution >= 0.6 is 15.9 Å². The van der Waals surface area contributed by atoms with Crippen molar-refractivity contribution in [3.63, 3.8) is 0 Å². The van der Waals surface area contributed by atoms with Gasteiger partial charge in [-0.3, -0.25) is 0 Å². The van der Waals surface area contributed by atoms with Crippen molar-refractivity contribution in [2.45, 2.75) is 215 Å². The number of phenolic OH excluding ortho intramolecular Hbond substituents is 2. The molecule has 5 heteroatoms. The summed E-state index contributed by atoms with van der Waals surface area (Å²) >= 11 is -0.270. The van der Waals surface area contributed by atoms with E-state index >= 15 is 0 Å². The van der Waals surface area contributed by atoms with Gasteiger partial charge in [-0.05, 0) is 0 Å². The molecule has 1 heterocycles. The third-order valence-corrected chi connectivity index (χ3v) is 33.6. The van der Waals surface area contributed by atoms with Crippen molar-refractivity contribution in [2.75, 3.05) is 0 Å². The Balaban J connectivity index is 1.06. The van der Waals surface area contributed by atoms with Gasteiger partial charge in [-0.2, -0.15) is 0 Å². The first-order valence-electron chi connectivity index (χ1n) is 23.7. The van der Waals surface area contributed by atoms with E-state index in [1.165, 1.54) is 149 Å². The molecule has 0 amide bonds. The third-order valence-electron chi connectivity index (χ3n) is 17.7. The molecule has 10 aliphatic rings. The molecule has 0 saturated heterocycles. The quantitative estimate of drug-likeness (QED) is 0.284. The normalized spacial score (nSPS) is 42.0. The summed E-state index contributed by atoms with van der Waals surface area (Å²) in [6.45, 7) is 19.6. The molecule has 8 atom stereocenters. The molecule has 9 fully saturated rings. The summed E-state index contributed by atoms with van der Waals surface area (Å²) in [4.78, 5) is 0. The summed E-state index contributed by atoms with van der Waals surface area (Å²) < 4.78 is 0. The molecule has 57 heavy (non-hydrogen) atoms. The molecule has 8 bridgehead atoms. The van der Waals surface area contributed by atoms with Crippen LogP contribution in [0, 0.1) is 34.5 Å². The molecule has 2 aromatic carbocycles. The van der Waals surface area contributed by atoms with Crippen LogP contribution in [0.15, 0.2) is 24.3 Å². The third kappa shape index (κ3) is 7.19. The minimum absolute atomic E-state index is 0.0624. The minimum atomic E-state index is -0.270. The molecule has 9 aliphatic carbocycles. The fourth-order valence-corrected chi connectivity index (χ4v) is 37.1. The second-order valence-electron chi connectivity index (χ2n) is 25.0. The van der Waals surface area contributed by atoms with Gasteiger partial charge >= 0.3 is 360 Å². The van der Waals surface area contributed by atoms with Crippen LogP contribution in [0.25, 0.3) is 0 Å². The van der Waals surface area contributed by atoms with E-state index in [1.807, 2.05) is 0 Å². The van der Waals surface area contributed by atoms with Gasteiger partial charge in [-0.15, -0.1) is 0 Å². The second-order valence-corrected chi connectivity index (χ2v) is 36.4. The summed E-state index contributed by atoms with van der Waals surface area (Å²) in [6.07, 6.45) is 24.6. The number of rotatable bonds is 6. The van der Waals surface area contributed by atoms with Crippen molar-refractivity contribution in [1.82, 2.24) is 0 Å². The van der Waals surface area contributed by atoms with Crippen LogP contribution in [-0.4, -0.2) is 20.7 Å². The zero-order valence-corrected chi connectivity index (χ0v) is 40.3. The first kappa shape index (κ1) is 40.5. The fraction of sp³-hybridized carbons (Fsp3) is 0.769. The van der Waals surface area contributed by atoms with E-state index < -0.39 is 0 Å². The standard InChI is InChI=1S/C52H76O2S2.Ti/c1-47(2,3)39-17-37(45(53)41(19-39)51-25-33-15-34(26-51)22-49(7,21-33)31-51)29-55-43-13-11-9-10-12-14-44(43)56-30-38-18-40(48(4,5)6)20-42(46(38)54)52-27-35-16-36(28-52)24-50(8,23-35)32-52;/h17-20,33-36,43-44,53-54H,9-16,21-32H2,1-8H3;/t33?,34?,35?,36?,43-,44?,49?,50?,51?,52?;/m0./s1. The van der Waals surface area contributed by atoms with Gasteiger partial charge in [0, 0.05) is 0 Å². The predicted octanol–water partition coefficient (Wildman–Crippen LogP) is 14.7. The molecule has 9 saturated carbocycles. The maximum atomic E-state index is 12.7. The number of benzene rings is 2. The molecule has 312 valence electrons. The van der Waals surface area contributed by atoms with Gasteiger partial charge in [0.1, 0.15) is 0 Å². The van der Waals surface area contributed by atoms with Crippen LogP contribution in [0.1, 0.15) is 204 Å². The summed E-state index contributed by atoms with van der Waals surface area (Å²) in [5.41, 5.74) is 9.63. The van der Waals surface area contributed by atoms with E-state index in [-0.39, 0.29) is 37.1 Å². The number of hydrogen-bond acceptors (Lipinski definition) is 2. The van der Waals surface area contributed by atoms with E-state index in [1.54, 1.807) is 0 Å². The van der Waals surface area contributed by atoms with E-state index in [0.29, 0.717) is 38.3 Å². The van der Waals surface area contributed by atoms with Gasteiger partial charge in [0.15, 0.2) is 0 Å². The molecule has 0 spiro atoms. The Morgan fingerprint density at radius 3 is 1.26 bits per heavy atom. The van der Waals surface area contributed by atoms with Crippen LogP contribution < -0.4 is 0 Å².